The van der Waals surface area contributed by atoms with E-state index in [-0.39, 0.29) is 19.3 Å². The van der Waals surface area contributed by atoms with Crippen molar-refractivity contribution in [3.63, 3.8) is 0 Å². The number of aliphatic hydroxyl groups excluding tert-OH is 2. The lowest BCUT2D eigenvalue weighted by Gasteiger charge is -2.36. The van der Waals surface area contributed by atoms with Crippen LogP contribution in [0, 0.1) is 12.8 Å². The summed E-state index contributed by atoms with van der Waals surface area (Å²) in [4.78, 5) is 2.19. The zero-order valence-corrected chi connectivity index (χ0v) is 14.2. The molecule has 2 aromatic rings. The van der Waals surface area contributed by atoms with Crippen LogP contribution in [-0.2, 0) is 6.54 Å². The molecule has 1 aliphatic heterocycles. The number of aryl methyl sites for hydroxylation is 1. The highest BCUT2D eigenvalue weighted by Gasteiger charge is 2.25. The van der Waals surface area contributed by atoms with E-state index in [0.29, 0.717) is 5.92 Å². The van der Waals surface area contributed by atoms with Gasteiger partial charge >= 0.3 is 0 Å². The second-order valence-corrected chi connectivity index (χ2v) is 6.71. The maximum Gasteiger partial charge on any atom is 0.113 e. The molecular weight excluding hydrogens is 304 g/mol. The summed E-state index contributed by atoms with van der Waals surface area (Å²) in [5.41, 5.74) is 3.21. The van der Waals surface area contributed by atoms with Crippen LogP contribution in [0.25, 0.3) is 11.3 Å². The summed E-state index contributed by atoms with van der Waals surface area (Å²) in [5, 5.41) is 27.3. The van der Waals surface area contributed by atoms with E-state index in [2.05, 4.69) is 46.4 Å². The maximum atomic E-state index is 9.37. The number of piperidine rings is 1. The molecule has 0 aliphatic carbocycles. The van der Waals surface area contributed by atoms with Crippen LogP contribution >= 0.6 is 0 Å². The predicted octanol–water partition coefficient (Wildman–Crippen LogP) is 1.32. The Labute approximate surface area is 142 Å². The van der Waals surface area contributed by atoms with Gasteiger partial charge in [-0.05, 0) is 32.2 Å². The fraction of sp³-hybridized carbons (Fsp3) is 0.556. The second-order valence-electron chi connectivity index (χ2n) is 6.71. The fourth-order valence-electron chi connectivity index (χ4n) is 3.38. The number of aliphatic hydroxyl groups is 2. The van der Waals surface area contributed by atoms with Crippen molar-refractivity contribution in [1.82, 2.24) is 19.9 Å². The van der Waals surface area contributed by atoms with Gasteiger partial charge in [-0.2, -0.15) is 0 Å². The minimum absolute atomic E-state index is 0.00408. The highest BCUT2D eigenvalue weighted by Crippen LogP contribution is 2.21. The van der Waals surface area contributed by atoms with Crippen LogP contribution in [0.1, 0.15) is 18.4 Å². The topological polar surface area (TPSA) is 74.4 Å². The Morgan fingerprint density at radius 3 is 2.67 bits per heavy atom. The van der Waals surface area contributed by atoms with E-state index in [4.69, 9.17) is 0 Å². The Balaban J connectivity index is 1.63. The fourth-order valence-corrected chi connectivity index (χ4v) is 3.38. The molecule has 1 saturated heterocycles. The number of nitrogens with zero attached hydrogens (tertiary/aromatic N) is 4. The van der Waals surface area contributed by atoms with Crippen LogP contribution < -0.4 is 0 Å². The molecule has 2 heterocycles. The lowest BCUT2D eigenvalue weighted by Crippen LogP contribution is -2.47. The van der Waals surface area contributed by atoms with Crippen molar-refractivity contribution < 1.29 is 10.2 Å². The summed E-state index contributed by atoms with van der Waals surface area (Å²) in [6, 6.07) is 8.15. The van der Waals surface area contributed by atoms with Gasteiger partial charge in [0.25, 0.3) is 0 Å². The van der Waals surface area contributed by atoms with Gasteiger partial charge in [0.1, 0.15) is 5.69 Å². The van der Waals surface area contributed by atoms with Gasteiger partial charge in [0.15, 0.2) is 0 Å². The van der Waals surface area contributed by atoms with E-state index in [1.54, 1.807) is 0 Å². The van der Waals surface area contributed by atoms with Gasteiger partial charge in [0.05, 0.1) is 25.5 Å². The smallest absolute Gasteiger partial charge is 0.113 e. The number of likely N-dealkylation sites (tertiary alicyclic amines) is 1. The normalized spacial score (nSPS) is 19.1. The van der Waals surface area contributed by atoms with Crippen LogP contribution in [0.5, 0.6) is 0 Å². The molecule has 6 heteroatoms. The molecule has 0 radical (unpaired) electrons. The lowest BCUT2D eigenvalue weighted by molar-refractivity contribution is 0.0404. The Morgan fingerprint density at radius 1 is 1.21 bits per heavy atom. The Hall–Kier alpha value is -1.76. The van der Waals surface area contributed by atoms with E-state index < -0.39 is 0 Å². The first-order chi connectivity index (χ1) is 11.7. The van der Waals surface area contributed by atoms with Gasteiger partial charge in [-0.1, -0.05) is 35.0 Å². The molecule has 0 bridgehead atoms. The first-order valence-electron chi connectivity index (χ1n) is 8.62. The van der Waals surface area contributed by atoms with Crippen molar-refractivity contribution in [3.8, 4) is 11.3 Å². The first kappa shape index (κ1) is 17.1. The monoisotopic (exact) mass is 330 g/mol. The molecule has 130 valence electrons. The molecule has 0 unspecified atom stereocenters. The summed E-state index contributed by atoms with van der Waals surface area (Å²) in [7, 11) is 0. The number of rotatable bonds is 6. The van der Waals surface area contributed by atoms with E-state index in [1.165, 1.54) is 5.56 Å². The van der Waals surface area contributed by atoms with Crippen molar-refractivity contribution in [2.75, 3.05) is 26.3 Å². The van der Waals surface area contributed by atoms with Gasteiger partial charge in [-0.25, -0.2) is 0 Å². The molecule has 24 heavy (non-hydrogen) atoms. The van der Waals surface area contributed by atoms with Crippen LogP contribution in [0.15, 0.2) is 30.5 Å². The van der Waals surface area contributed by atoms with Crippen LogP contribution in [0.2, 0.25) is 0 Å². The summed E-state index contributed by atoms with van der Waals surface area (Å²) < 4.78 is 1.91. The minimum Gasteiger partial charge on any atom is -0.395 e. The van der Waals surface area contributed by atoms with Crippen LogP contribution in [-0.4, -0.2) is 62.5 Å². The third-order valence-corrected chi connectivity index (χ3v) is 4.82. The molecule has 1 atom stereocenters. The molecular formula is C18H26N4O2. The first-order valence-corrected chi connectivity index (χ1v) is 8.62. The molecule has 3 rings (SSSR count). The van der Waals surface area contributed by atoms with E-state index in [1.807, 2.05) is 10.9 Å². The standard InChI is InChI=1S/C18H26N4O2/c1-14-4-6-16(7-5-14)18-11-22(20-19-18)10-15-3-2-8-21(9-15)17(12-23)13-24/h4-7,11,15,17,23-24H,2-3,8-10,12-13H2,1H3/t15-/m1/s1. The predicted molar refractivity (Wildman–Crippen MR) is 92.5 cm³/mol. The third kappa shape index (κ3) is 4.01. The molecule has 1 aromatic carbocycles. The number of aromatic nitrogens is 3. The van der Waals surface area contributed by atoms with Crippen LogP contribution in [0.4, 0.5) is 0 Å². The van der Waals surface area contributed by atoms with Gasteiger partial charge in [-0.15, -0.1) is 5.10 Å². The summed E-state index contributed by atoms with van der Waals surface area (Å²) in [6.45, 7) is 4.72. The third-order valence-electron chi connectivity index (χ3n) is 4.82. The number of hydrogen-bond acceptors (Lipinski definition) is 5. The maximum absolute atomic E-state index is 9.37. The van der Waals surface area contributed by atoms with Crippen molar-refractivity contribution in [1.29, 1.82) is 0 Å². The quantitative estimate of drug-likeness (QED) is 0.835. The van der Waals surface area contributed by atoms with Crippen molar-refractivity contribution in [2.24, 2.45) is 5.92 Å². The Bertz CT molecular complexity index is 637. The average molecular weight is 330 g/mol. The Morgan fingerprint density at radius 2 is 1.96 bits per heavy atom. The van der Waals surface area contributed by atoms with Gasteiger partial charge in [0.2, 0.25) is 0 Å². The highest BCUT2D eigenvalue weighted by molar-refractivity contribution is 5.57. The largest absolute Gasteiger partial charge is 0.395 e. The summed E-state index contributed by atoms with van der Waals surface area (Å²) in [5.74, 6) is 0.465. The van der Waals surface area contributed by atoms with Gasteiger partial charge in [0, 0.05) is 18.7 Å². The molecule has 0 saturated carbocycles. The van der Waals surface area contributed by atoms with Crippen LogP contribution in [0.3, 0.4) is 0 Å². The average Bonchev–Trinajstić information content (AvgIpc) is 3.05. The lowest BCUT2D eigenvalue weighted by atomic mass is 9.97. The van der Waals surface area contributed by atoms with Gasteiger partial charge < -0.3 is 10.2 Å². The minimum atomic E-state index is -0.147. The molecule has 1 aliphatic rings. The zero-order chi connectivity index (χ0) is 16.9. The van der Waals surface area contributed by atoms with E-state index >= 15 is 0 Å². The highest BCUT2D eigenvalue weighted by atomic mass is 16.3. The van der Waals surface area contributed by atoms with E-state index in [9.17, 15) is 10.2 Å². The number of benzene rings is 1. The molecule has 0 spiro atoms. The molecule has 1 aromatic heterocycles. The number of hydrogen-bond donors (Lipinski definition) is 2. The Kier molecular flexibility index (Phi) is 5.60. The zero-order valence-electron chi connectivity index (χ0n) is 14.2. The summed E-state index contributed by atoms with van der Waals surface area (Å²) in [6.07, 6.45) is 4.22. The molecule has 6 nitrogen and oxygen atoms in total. The molecule has 1 fully saturated rings. The van der Waals surface area contributed by atoms with Gasteiger partial charge in [-0.3, -0.25) is 9.58 Å². The van der Waals surface area contributed by atoms with Crippen molar-refractivity contribution in [3.05, 3.63) is 36.0 Å². The summed E-state index contributed by atoms with van der Waals surface area (Å²) >= 11 is 0. The van der Waals surface area contributed by atoms with Crippen molar-refractivity contribution in [2.45, 2.75) is 32.4 Å². The SMILES string of the molecule is Cc1ccc(-c2cn(C[C@@H]3CCCN(C(CO)CO)C3)nn2)cc1. The van der Waals surface area contributed by atoms with E-state index in [0.717, 1.165) is 43.7 Å². The van der Waals surface area contributed by atoms with Crippen molar-refractivity contribution >= 4 is 0 Å². The molecule has 2 N–H and O–H groups in total. The molecule has 0 amide bonds. The second kappa shape index (κ2) is 7.88.